The van der Waals surface area contributed by atoms with Gasteiger partial charge in [0, 0.05) is 12.0 Å². The molecular formula is C20H26N+. The molecule has 0 aromatic heterocycles. The molecule has 1 nitrogen and oxygen atoms in total. The Kier molecular flexibility index (Phi) is 5.07. The van der Waals surface area contributed by atoms with Gasteiger partial charge in [0.1, 0.15) is 6.04 Å². The zero-order valence-electron chi connectivity index (χ0n) is 12.7. The average molecular weight is 280 g/mol. The molecule has 3 rings (SSSR count). The van der Waals surface area contributed by atoms with Crippen molar-refractivity contribution in [1.82, 2.24) is 0 Å². The second-order valence-corrected chi connectivity index (χ2v) is 6.30. The molecule has 21 heavy (non-hydrogen) atoms. The molecule has 110 valence electrons. The summed E-state index contributed by atoms with van der Waals surface area (Å²) in [5.41, 5.74) is 2.91. The van der Waals surface area contributed by atoms with Crippen molar-refractivity contribution in [2.75, 3.05) is 0 Å². The molecule has 1 atom stereocenters. The Hall–Kier alpha value is -1.60. The minimum Gasteiger partial charge on any atom is -0.337 e. The summed E-state index contributed by atoms with van der Waals surface area (Å²) in [5, 5.41) is 2.64. The van der Waals surface area contributed by atoms with E-state index in [-0.39, 0.29) is 0 Å². The molecule has 1 fully saturated rings. The molecule has 0 aliphatic heterocycles. The molecule has 0 heterocycles. The number of nitrogens with two attached hydrogens (primary N) is 1. The number of rotatable bonds is 5. The van der Waals surface area contributed by atoms with Crippen molar-refractivity contribution in [3.63, 3.8) is 0 Å². The van der Waals surface area contributed by atoms with Crippen molar-refractivity contribution in [3.05, 3.63) is 71.8 Å². The third kappa shape index (κ3) is 4.18. The van der Waals surface area contributed by atoms with Crippen molar-refractivity contribution in [1.29, 1.82) is 0 Å². The highest BCUT2D eigenvalue weighted by Crippen LogP contribution is 2.19. The van der Waals surface area contributed by atoms with Crippen LogP contribution < -0.4 is 5.32 Å². The van der Waals surface area contributed by atoms with Crippen LogP contribution >= 0.6 is 0 Å². The molecular weight excluding hydrogens is 254 g/mol. The lowest BCUT2D eigenvalue weighted by Crippen LogP contribution is -2.91. The highest BCUT2D eigenvalue weighted by molar-refractivity contribution is 5.22. The van der Waals surface area contributed by atoms with E-state index in [1.807, 2.05) is 0 Å². The number of quaternary nitrogens is 1. The Morgan fingerprint density at radius 1 is 0.810 bits per heavy atom. The molecule has 0 saturated heterocycles. The van der Waals surface area contributed by atoms with Gasteiger partial charge >= 0.3 is 0 Å². The van der Waals surface area contributed by atoms with Gasteiger partial charge in [-0.2, -0.15) is 0 Å². The molecule has 1 aliphatic carbocycles. The first-order chi connectivity index (χ1) is 10.4. The zero-order valence-corrected chi connectivity index (χ0v) is 12.7. The van der Waals surface area contributed by atoms with Gasteiger partial charge in [0.05, 0.1) is 6.04 Å². The van der Waals surface area contributed by atoms with E-state index in [0.717, 1.165) is 12.5 Å². The van der Waals surface area contributed by atoms with Crippen molar-refractivity contribution < 1.29 is 5.32 Å². The number of hydrogen-bond acceptors (Lipinski definition) is 0. The van der Waals surface area contributed by atoms with Gasteiger partial charge in [-0.3, -0.25) is 0 Å². The summed E-state index contributed by atoms with van der Waals surface area (Å²) in [4.78, 5) is 0. The van der Waals surface area contributed by atoms with Crippen LogP contribution in [-0.2, 0) is 6.42 Å². The predicted molar refractivity (Wildman–Crippen MR) is 88.1 cm³/mol. The van der Waals surface area contributed by atoms with Gasteiger partial charge in [-0.05, 0) is 31.2 Å². The van der Waals surface area contributed by atoms with Crippen molar-refractivity contribution in [3.8, 4) is 0 Å². The molecule has 0 radical (unpaired) electrons. The van der Waals surface area contributed by atoms with Gasteiger partial charge in [-0.15, -0.1) is 0 Å². The Labute approximate surface area is 128 Å². The smallest absolute Gasteiger partial charge is 0.116 e. The zero-order chi connectivity index (χ0) is 14.3. The summed E-state index contributed by atoms with van der Waals surface area (Å²) in [5.74, 6) is 0. The molecule has 0 spiro atoms. The van der Waals surface area contributed by atoms with E-state index in [0.29, 0.717) is 6.04 Å². The minimum atomic E-state index is 0.552. The molecule has 2 aromatic rings. The lowest BCUT2D eigenvalue weighted by atomic mass is 9.92. The van der Waals surface area contributed by atoms with E-state index in [4.69, 9.17) is 0 Å². The molecule has 2 aromatic carbocycles. The van der Waals surface area contributed by atoms with Crippen LogP contribution in [0.3, 0.4) is 0 Å². The third-order valence-corrected chi connectivity index (χ3v) is 4.68. The average Bonchev–Trinajstić information content (AvgIpc) is 2.57. The Morgan fingerprint density at radius 2 is 1.43 bits per heavy atom. The van der Waals surface area contributed by atoms with E-state index in [9.17, 15) is 0 Å². The highest BCUT2D eigenvalue weighted by atomic mass is 14.9. The first-order valence-corrected chi connectivity index (χ1v) is 8.36. The van der Waals surface area contributed by atoms with Gasteiger partial charge < -0.3 is 5.32 Å². The maximum atomic E-state index is 2.64. The summed E-state index contributed by atoms with van der Waals surface area (Å²) < 4.78 is 0. The second-order valence-electron chi connectivity index (χ2n) is 6.30. The monoisotopic (exact) mass is 280 g/mol. The fourth-order valence-corrected chi connectivity index (χ4v) is 3.52. The van der Waals surface area contributed by atoms with Crippen LogP contribution in [0.25, 0.3) is 0 Å². The van der Waals surface area contributed by atoms with E-state index in [1.165, 1.54) is 43.2 Å². The van der Waals surface area contributed by atoms with Crippen LogP contribution in [0, 0.1) is 0 Å². The third-order valence-electron chi connectivity index (χ3n) is 4.68. The van der Waals surface area contributed by atoms with E-state index in [2.05, 4.69) is 66.0 Å². The maximum Gasteiger partial charge on any atom is 0.116 e. The van der Waals surface area contributed by atoms with Crippen LogP contribution in [0.15, 0.2) is 60.7 Å². The quantitative estimate of drug-likeness (QED) is 0.856. The lowest BCUT2D eigenvalue weighted by Gasteiger charge is -2.26. The summed E-state index contributed by atoms with van der Waals surface area (Å²) >= 11 is 0. The van der Waals surface area contributed by atoms with Gasteiger partial charge in [0.2, 0.25) is 0 Å². The van der Waals surface area contributed by atoms with Gasteiger partial charge in [0.15, 0.2) is 0 Å². The number of hydrogen-bond donors (Lipinski definition) is 1. The normalized spacial score (nSPS) is 17.5. The van der Waals surface area contributed by atoms with E-state index >= 15 is 0 Å². The summed E-state index contributed by atoms with van der Waals surface area (Å²) in [6.07, 6.45) is 8.15. The van der Waals surface area contributed by atoms with E-state index in [1.54, 1.807) is 0 Å². The predicted octanol–water partition coefficient (Wildman–Crippen LogP) is 3.87. The van der Waals surface area contributed by atoms with Crippen LogP contribution in [0.1, 0.15) is 49.3 Å². The van der Waals surface area contributed by atoms with Crippen LogP contribution in [0.5, 0.6) is 0 Å². The molecule has 0 amide bonds. The maximum absolute atomic E-state index is 2.64. The molecule has 1 unspecified atom stereocenters. The fraction of sp³-hybridized carbons (Fsp3) is 0.400. The Bertz CT molecular complexity index is 514. The topological polar surface area (TPSA) is 16.6 Å². The van der Waals surface area contributed by atoms with Gasteiger partial charge in [-0.25, -0.2) is 0 Å². The second kappa shape index (κ2) is 7.42. The van der Waals surface area contributed by atoms with Crippen LogP contribution in [-0.4, -0.2) is 6.04 Å². The van der Waals surface area contributed by atoms with E-state index < -0.39 is 0 Å². The number of benzene rings is 2. The fourth-order valence-electron chi connectivity index (χ4n) is 3.52. The van der Waals surface area contributed by atoms with Crippen LogP contribution in [0.2, 0.25) is 0 Å². The van der Waals surface area contributed by atoms with Crippen molar-refractivity contribution in [2.45, 2.75) is 50.6 Å². The first kappa shape index (κ1) is 14.3. The summed E-state index contributed by atoms with van der Waals surface area (Å²) in [6.45, 7) is 0. The molecule has 0 bridgehead atoms. The van der Waals surface area contributed by atoms with Gasteiger partial charge in [0.25, 0.3) is 0 Å². The highest BCUT2D eigenvalue weighted by Gasteiger charge is 2.23. The Morgan fingerprint density at radius 3 is 2.10 bits per heavy atom. The lowest BCUT2D eigenvalue weighted by molar-refractivity contribution is -0.730. The molecule has 1 saturated carbocycles. The summed E-state index contributed by atoms with van der Waals surface area (Å²) in [7, 11) is 0. The van der Waals surface area contributed by atoms with Gasteiger partial charge in [-0.1, -0.05) is 67.1 Å². The largest absolute Gasteiger partial charge is 0.337 e. The molecule has 1 aliphatic rings. The summed E-state index contributed by atoms with van der Waals surface area (Å²) in [6, 6.07) is 23.3. The molecule has 1 heteroatoms. The van der Waals surface area contributed by atoms with Crippen molar-refractivity contribution >= 4 is 0 Å². The SMILES string of the molecule is c1ccc(CC([NH2+]C2CCCCC2)c2ccccc2)cc1. The van der Waals surface area contributed by atoms with Crippen molar-refractivity contribution in [2.24, 2.45) is 0 Å². The standard InChI is InChI=1S/C20H25N/c1-4-10-17(11-5-1)16-20(18-12-6-2-7-13-18)21-19-14-8-3-9-15-19/h1-2,4-7,10-13,19-21H,3,8-9,14-16H2/p+1. The minimum absolute atomic E-state index is 0.552. The van der Waals surface area contributed by atoms with Crippen LogP contribution in [0.4, 0.5) is 0 Å². The first-order valence-electron chi connectivity index (χ1n) is 8.36. The Balaban J connectivity index is 1.74. The molecule has 2 N–H and O–H groups in total.